The first-order valence-electron chi connectivity index (χ1n) is 10.5. The van der Waals surface area contributed by atoms with Gasteiger partial charge in [-0.3, -0.25) is 19.2 Å². The van der Waals surface area contributed by atoms with Crippen molar-refractivity contribution in [2.24, 2.45) is 0 Å². The summed E-state index contributed by atoms with van der Waals surface area (Å²) in [6, 6.07) is 16.0. The van der Waals surface area contributed by atoms with E-state index in [4.69, 9.17) is 4.74 Å². The summed E-state index contributed by atoms with van der Waals surface area (Å²) < 4.78 is 19.9. The van der Waals surface area contributed by atoms with Crippen LogP contribution < -0.4 is 10.2 Å². The van der Waals surface area contributed by atoms with E-state index in [0.29, 0.717) is 5.69 Å². The van der Waals surface area contributed by atoms with Crippen molar-refractivity contribution in [3.63, 3.8) is 0 Å². The monoisotopic (exact) mass is 450 g/mol. The van der Waals surface area contributed by atoms with E-state index in [1.165, 1.54) is 39.9 Å². The van der Waals surface area contributed by atoms with E-state index in [9.17, 15) is 18.8 Å². The van der Waals surface area contributed by atoms with Crippen LogP contribution in [0.3, 0.4) is 0 Å². The van der Waals surface area contributed by atoms with Gasteiger partial charge < -0.3 is 10.1 Å². The van der Waals surface area contributed by atoms with Crippen molar-refractivity contribution in [2.45, 2.75) is 32.5 Å². The van der Waals surface area contributed by atoms with Gasteiger partial charge in [0.1, 0.15) is 17.1 Å². The van der Waals surface area contributed by atoms with Crippen molar-refractivity contribution < 1.29 is 23.5 Å². The summed E-state index contributed by atoms with van der Waals surface area (Å²) in [7, 11) is 0. The summed E-state index contributed by atoms with van der Waals surface area (Å²) in [6.07, 6.45) is 0. The Hall–Kier alpha value is -4.01. The minimum absolute atomic E-state index is 0.00845. The Labute approximate surface area is 190 Å². The predicted octanol–water partition coefficient (Wildman–Crippen LogP) is 2.93. The summed E-state index contributed by atoms with van der Waals surface area (Å²) in [6.45, 7) is 3.70. The largest absolute Gasteiger partial charge is 0.461 e. The molecule has 9 heteroatoms. The van der Waals surface area contributed by atoms with Gasteiger partial charge in [0.05, 0.1) is 13.2 Å². The van der Waals surface area contributed by atoms with Gasteiger partial charge in [0.25, 0.3) is 5.91 Å². The zero-order valence-corrected chi connectivity index (χ0v) is 18.2. The molecule has 0 bridgehead atoms. The number of nitrogens with one attached hydrogen (secondary N) is 1. The van der Waals surface area contributed by atoms with Crippen LogP contribution in [0.5, 0.6) is 0 Å². The number of halogens is 1. The van der Waals surface area contributed by atoms with Crippen molar-refractivity contribution in [3.8, 4) is 0 Å². The maximum absolute atomic E-state index is 13.6. The SMILES string of the molecule is CCOC(=O)c1cc2n(n1)C[C@](C)(C(=O)NCc1ccccc1)N(c1ccc(F)cc1)C2=O. The number of aromatic nitrogens is 2. The minimum Gasteiger partial charge on any atom is -0.461 e. The number of carbonyl (C=O) groups excluding carboxylic acids is 3. The topological polar surface area (TPSA) is 93.5 Å². The summed E-state index contributed by atoms with van der Waals surface area (Å²) in [5.41, 5.74) is -0.0311. The van der Waals surface area contributed by atoms with Gasteiger partial charge in [-0.05, 0) is 43.7 Å². The lowest BCUT2D eigenvalue weighted by Crippen LogP contribution is -2.64. The van der Waals surface area contributed by atoms with Gasteiger partial charge >= 0.3 is 5.97 Å². The molecule has 0 saturated heterocycles. The van der Waals surface area contributed by atoms with Crippen LogP contribution in [-0.4, -0.2) is 39.7 Å². The molecule has 3 aromatic rings. The highest BCUT2D eigenvalue weighted by Gasteiger charge is 2.49. The number of esters is 1. The molecule has 4 rings (SSSR count). The number of benzene rings is 2. The quantitative estimate of drug-likeness (QED) is 0.583. The molecule has 0 spiro atoms. The normalized spacial score (nSPS) is 17.4. The molecule has 8 nitrogen and oxygen atoms in total. The molecule has 2 aromatic carbocycles. The van der Waals surface area contributed by atoms with Gasteiger partial charge in [-0.15, -0.1) is 0 Å². The highest BCUT2D eigenvalue weighted by atomic mass is 19.1. The number of rotatable bonds is 6. The third-order valence-electron chi connectivity index (χ3n) is 5.51. The van der Waals surface area contributed by atoms with Gasteiger partial charge in [0.15, 0.2) is 5.69 Å². The summed E-state index contributed by atoms with van der Waals surface area (Å²) >= 11 is 0. The second-order valence-corrected chi connectivity index (χ2v) is 7.85. The molecule has 0 radical (unpaired) electrons. The van der Waals surface area contributed by atoms with Crippen LogP contribution in [0.25, 0.3) is 0 Å². The van der Waals surface area contributed by atoms with Crippen LogP contribution in [0.1, 0.15) is 40.4 Å². The second kappa shape index (κ2) is 8.85. The van der Waals surface area contributed by atoms with Gasteiger partial charge in [-0.25, -0.2) is 9.18 Å². The van der Waals surface area contributed by atoms with Crippen molar-refractivity contribution in [1.29, 1.82) is 0 Å². The van der Waals surface area contributed by atoms with Crippen molar-refractivity contribution >= 4 is 23.5 Å². The molecular weight excluding hydrogens is 427 g/mol. The average Bonchev–Trinajstić information content (AvgIpc) is 3.24. The highest BCUT2D eigenvalue weighted by molar-refractivity contribution is 6.12. The van der Waals surface area contributed by atoms with Crippen LogP contribution in [0.15, 0.2) is 60.7 Å². The molecule has 2 amide bonds. The Morgan fingerprint density at radius 3 is 2.52 bits per heavy atom. The molecule has 1 aliphatic rings. The first kappa shape index (κ1) is 22.2. The summed E-state index contributed by atoms with van der Waals surface area (Å²) in [5.74, 6) is -2.07. The third kappa shape index (κ3) is 4.21. The molecule has 2 heterocycles. The zero-order chi connectivity index (χ0) is 23.6. The lowest BCUT2D eigenvalue weighted by atomic mass is 9.94. The maximum atomic E-state index is 13.6. The number of nitrogens with zero attached hydrogens (tertiary/aromatic N) is 3. The van der Waals surface area contributed by atoms with E-state index in [2.05, 4.69) is 10.4 Å². The van der Waals surface area contributed by atoms with E-state index < -0.39 is 29.1 Å². The van der Waals surface area contributed by atoms with Crippen molar-refractivity contribution in [1.82, 2.24) is 15.1 Å². The first-order chi connectivity index (χ1) is 15.8. The number of hydrogen-bond donors (Lipinski definition) is 1. The number of amides is 2. The number of hydrogen-bond acceptors (Lipinski definition) is 5. The van der Waals surface area contributed by atoms with Crippen LogP contribution in [0.2, 0.25) is 0 Å². The van der Waals surface area contributed by atoms with Crippen molar-refractivity contribution in [3.05, 3.63) is 83.4 Å². The van der Waals surface area contributed by atoms with Gasteiger partial charge in [0.2, 0.25) is 5.91 Å². The van der Waals surface area contributed by atoms with Gasteiger partial charge in [-0.1, -0.05) is 30.3 Å². The van der Waals surface area contributed by atoms with E-state index in [1.54, 1.807) is 13.8 Å². The molecule has 0 aliphatic carbocycles. The number of anilines is 1. The first-order valence-corrected chi connectivity index (χ1v) is 10.5. The fraction of sp³-hybridized carbons (Fsp3) is 0.250. The smallest absolute Gasteiger partial charge is 0.358 e. The molecule has 1 N–H and O–H groups in total. The molecule has 1 aliphatic heterocycles. The Morgan fingerprint density at radius 1 is 1.15 bits per heavy atom. The van der Waals surface area contributed by atoms with Gasteiger partial charge in [-0.2, -0.15) is 5.10 Å². The second-order valence-electron chi connectivity index (χ2n) is 7.85. The lowest BCUT2D eigenvalue weighted by Gasteiger charge is -2.43. The van der Waals surface area contributed by atoms with Crippen LogP contribution in [0.4, 0.5) is 10.1 Å². The highest BCUT2D eigenvalue weighted by Crippen LogP contribution is 2.33. The Bertz CT molecular complexity index is 1190. The molecule has 170 valence electrons. The van der Waals surface area contributed by atoms with Crippen LogP contribution in [0, 0.1) is 5.82 Å². The lowest BCUT2D eigenvalue weighted by molar-refractivity contribution is -0.126. The Kier molecular flexibility index (Phi) is 5.95. The number of carbonyl (C=O) groups is 3. The number of fused-ring (bicyclic) bond motifs is 1. The van der Waals surface area contributed by atoms with E-state index in [0.717, 1.165) is 5.56 Å². The van der Waals surface area contributed by atoms with E-state index in [-0.39, 0.29) is 31.1 Å². The van der Waals surface area contributed by atoms with E-state index in [1.807, 2.05) is 30.3 Å². The standard InChI is InChI=1S/C24H23FN4O4/c1-3-33-22(31)19-13-20-21(30)29(18-11-9-17(25)10-12-18)24(2,15-28(20)27-19)23(32)26-14-16-7-5-4-6-8-16/h4-13H,3,14-15H2,1-2H3,(H,26,32)/t24-/m1/s1. The van der Waals surface area contributed by atoms with Gasteiger partial charge in [0, 0.05) is 18.3 Å². The molecule has 33 heavy (non-hydrogen) atoms. The minimum atomic E-state index is -1.39. The predicted molar refractivity (Wildman–Crippen MR) is 118 cm³/mol. The Morgan fingerprint density at radius 2 is 1.85 bits per heavy atom. The van der Waals surface area contributed by atoms with E-state index >= 15 is 0 Å². The molecule has 0 fully saturated rings. The number of ether oxygens (including phenoxy) is 1. The third-order valence-corrected chi connectivity index (χ3v) is 5.51. The molecule has 0 saturated carbocycles. The summed E-state index contributed by atoms with van der Waals surface area (Å²) in [4.78, 5) is 40.4. The van der Waals surface area contributed by atoms with Crippen LogP contribution >= 0.6 is 0 Å². The van der Waals surface area contributed by atoms with Crippen LogP contribution in [-0.2, 0) is 22.6 Å². The molecular formula is C24H23FN4O4. The fourth-order valence-corrected chi connectivity index (χ4v) is 3.85. The molecule has 0 unspecified atom stereocenters. The molecule has 1 aromatic heterocycles. The molecule has 1 atom stereocenters. The maximum Gasteiger partial charge on any atom is 0.358 e. The zero-order valence-electron chi connectivity index (χ0n) is 18.2. The average molecular weight is 450 g/mol. The summed E-state index contributed by atoms with van der Waals surface area (Å²) in [5, 5.41) is 7.09. The fourth-order valence-electron chi connectivity index (χ4n) is 3.85. The van der Waals surface area contributed by atoms with Crippen molar-refractivity contribution in [2.75, 3.05) is 11.5 Å². The Balaban J connectivity index is 1.72.